The molecule has 5 rings (SSSR count). The van der Waals surface area contributed by atoms with Gasteiger partial charge >= 0.3 is 5.97 Å². The van der Waals surface area contributed by atoms with Gasteiger partial charge in [-0.3, -0.25) is 9.59 Å². The Morgan fingerprint density at radius 2 is 1.68 bits per heavy atom. The SMILES string of the molecule is Cc1c(C(=O)O)c(O)cc2c1C(=O)c1c(O)c3c(c(O)c1C2=O)O[C@]1(C3)OC[C@@H](O)[C@@H](O)[C@@H]1O. The molecule has 3 aliphatic rings. The molecule has 0 saturated carbocycles. The monoisotopic (exact) mass is 474 g/mol. The number of phenols is 3. The molecule has 0 unspecified atom stereocenters. The number of aliphatic hydroxyl groups excluding tert-OH is 3. The largest absolute Gasteiger partial charge is 0.507 e. The highest BCUT2D eigenvalue weighted by atomic mass is 16.7. The summed E-state index contributed by atoms with van der Waals surface area (Å²) in [5.41, 5.74) is -2.98. The third-order valence-electron chi connectivity index (χ3n) is 6.56. The Hall–Kier alpha value is -3.71. The molecule has 1 fully saturated rings. The van der Waals surface area contributed by atoms with Gasteiger partial charge in [-0.2, -0.15) is 0 Å². The lowest BCUT2D eigenvalue weighted by Crippen LogP contribution is -2.63. The third kappa shape index (κ3) is 2.58. The van der Waals surface area contributed by atoms with E-state index in [2.05, 4.69) is 0 Å². The van der Waals surface area contributed by atoms with Crippen molar-refractivity contribution in [3.05, 3.63) is 45.0 Å². The van der Waals surface area contributed by atoms with E-state index in [-0.39, 0.29) is 22.3 Å². The number of aromatic hydroxyl groups is 3. The van der Waals surface area contributed by atoms with Crippen LogP contribution in [0.15, 0.2) is 6.07 Å². The maximum atomic E-state index is 13.4. The molecule has 34 heavy (non-hydrogen) atoms. The van der Waals surface area contributed by atoms with Gasteiger partial charge < -0.3 is 45.2 Å². The lowest BCUT2D eigenvalue weighted by atomic mass is 9.78. The summed E-state index contributed by atoms with van der Waals surface area (Å²) in [6, 6.07) is 0.798. The van der Waals surface area contributed by atoms with Crippen LogP contribution < -0.4 is 4.74 Å². The molecule has 0 aromatic heterocycles. The van der Waals surface area contributed by atoms with Crippen LogP contribution in [0.3, 0.4) is 0 Å². The smallest absolute Gasteiger partial charge is 0.339 e. The average Bonchev–Trinajstić information content (AvgIpc) is 3.17. The second-order valence-electron chi connectivity index (χ2n) is 8.44. The number of hydrogen-bond donors (Lipinski definition) is 7. The van der Waals surface area contributed by atoms with Crippen LogP contribution in [0.1, 0.15) is 53.3 Å². The van der Waals surface area contributed by atoms with Gasteiger partial charge in [0.1, 0.15) is 35.4 Å². The molecule has 2 aliphatic heterocycles. The average molecular weight is 474 g/mol. The standard InChI is InChI=1S/C22H18O12/c1-5-10-6(2-8(23)11(5)21(31)32)14(25)13-12(17(10)28)15(26)7-3-22(34-19(7)18(13)29)20(30)16(27)9(24)4-33-22/h2,9,16,20,23-24,26-27,29-30H,3-4H2,1H3,(H,31,32)/t9-,16-,20+,22+/m1/s1. The highest BCUT2D eigenvalue weighted by Crippen LogP contribution is 2.54. The number of fused-ring (bicyclic) bond motifs is 3. The predicted molar refractivity (Wildman–Crippen MR) is 107 cm³/mol. The zero-order valence-corrected chi connectivity index (χ0v) is 17.4. The van der Waals surface area contributed by atoms with Crippen molar-refractivity contribution >= 4 is 17.5 Å². The second kappa shape index (κ2) is 6.90. The molecule has 4 atom stereocenters. The summed E-state index contributed by atoms with van der Waals surface area (Å²) in [7, 11) is 0. The summed E-state index contributed by atoms with van der Waals surface area (Å²) < 4.78 is 11.0. The van der Waals surface area contributed by atoms with E-state index in [1.807, 2.05) is 0 Å². The molecule has 2 aromatic rings. The molecule has 0 bridgehead atoms. The third-order valence-corrected chi connectivity index (χ3v) is 6.56. The number of aromatic carboxylic acids is 1. The zero-order valence-electron chi connectivity index (χ0n) is 17.4. The van der Waals surface area contributed by atoms with Gasteiger partial charge in [0.2, 0.25) is 5.79 Å². The number of hydrogen-bond acceptors (Lipinski definition) is 11. The van der Waals surface area contributed by atoms with Gasteiger partial charge in [-0.15, -0.1) is 0 Å². The van der Waals surface area contributed by atoms with E-state index in [9.17, 15) is 50.1 Å². The number of ether oxygens (including phenoxy) is 2. The molecular formula is C22H18O12. The quantitative estimate of drug-likeness (QED) is 0.219. The number of rotatable bonds is 1. The number of aliphatic hydroxyl groups is 3. The summed E-state index contributed by atoms with van der Waals surface area (Å²) in [5.74, 6) is -8.36. The highest BCUT2D eigenvalue weighted by Gasteiger charge is 2.57. The van der Waals surface area contributed by atoms with Crippen LogP contribution in [-0.4, -0.2) is 84.0 Å². The van der Waals surface area contributed by atoms with Crippen LogP contribution in [0.5, 0.6) is 23.0 Å². The first-order chi connectivity index (χ1) is 15.9. The Balaban J connectivity index is 1.71. The topological polar surface area (TPSA) is 211 Å². The zero-order chi connectivity index (χ0) is 24.9. The maximum Gasteiger partial charge on any atom is 0.339 e. The Labute approximate surface area is 189 Å². The minimum atomic E-state index is -2.02. The molecule has 7 N–H and O–H groups in total. The van der Waals surface area contributed by atoms with Crippen molar-refractivity contribution < 1.29 is 59.6 Å². The van der Waals surface area contributed by atoms with Gasteiger partial charge in [0.05, 0.1) is 17.7 Å². The summed E-state index contributed by atoms with van der Waals surface area (Å²) in [4.78, 5) is 38.2. The van der Waals surface area contributed by atoms with E-state index in [4.69, 9.17) is 9.47 Å². The molecular weight excluding hydrogens is 456 g/mol. The lowest BCUT2D eigenvalue weighted by molar-refractivity contribution is -0.300. The van der Waals surface area contributed by atoms with Gasteiger partial charge in [-0.05, 0) is 18.6 Å². The van der Waals surface area contributed by atoms with Crippen LogP contribution in [0, 0.1) is 6.92 Å². The number of carboxylic acids is 1. The number of carbonyl (C=O) groups is 3. The van der Waals surface area contributed by atoms with Crippen LogP contribution in [-0.2, 0) is 11.2 Å². The van der Waals surface area contributed by atoms with E-state index in [1.54, 1.807) is 0 Å². The molecule has 1 aliphatic carbocycles. The van der Waals surface area contributed by atoms with Crippen LogP contribution in [0.4, 0.5) is 0 Å². The van der Waals surface area contributed by atoms with Crippen molar-refractivity contribution in [1.29, 1.82) is 0 Å². The van der Waals surface area contributed by atoms with E-state index in [0.717, 1.165) is 6.07 Å². The number of phenolic OH excluding ortho intramolecular Hbond substituents is 2. The molecule has 1 spiro atoms. The van der Waals surface area contributed by atoms with E-state index in [1.165, 1.54) is 6.92 Å². The Bertz CT molecular complexity index is 1330. The minimum absolute atomic E-state index is 0.196. The van der Waals surface area contributed by atoms with Crippen LogP contribution in [0.25, 0.3) is 0 Å². The summed E-state index contributed by atoms with van der Waals surface area (Å²) in [5, 5.41) is 71.6. The Kier molecular flexibility index (Phi) is 4.48. The van der Waals surface area contributed by atoms with Crippen molar-refractivity contribution in [2.45, 2.75) is 37.4 Å². The van der Waals surface area contributed by atoms with Gasteiger partial charge in [0.25, 0.3) is 0 Å². The van der Waals surface area contributed by atoms with Crippen molar-refractivity contribution in [3.63, 3.8) is 0 Å². The molecule has 178 valence electrons. The summed E-state index contributed by atoms with van der Waals surface area (Å²) in [6.45, 7) is 0.771. The predicted octanol–water partition coefficient (Wildman–Crippen LogP) is -0.670. The fourth-order valence-corrected chi connectivity index (χ4v) is 4.85. The maximum absolute atomic E-state index is 13.4. The molecule has 12 nitrogen and oxygen atoms in total. The highest BCUT2D eigenvalue weighted by molar-refractivity contribution is 6.31. The van der Waals surface area contributed by atoms with E-state index < -0.39 is 94.4 Å². The van der Waals surface area contributed by atoms with Crippen molar-refractivity contribution in [2.24, 2.45) is 0 Å². The van der Waals surface area contributed by atoms with Gasteiger partial charge in [-0.25, -0.2) is 4.79 Å². The number of carboxylic acid groups (broad SMARTS) is 1. The molecule has 0 amide bonds. The molecule has 12 heteroatoms. The number of carbonyl (C=O) groups excluding carboxylic acids is 2. The number of benzene rings is 2. The Morgan fingerprint density at radius 1 is 1.03 bits per heavy atom. The first kappa shape index (κ1) is 22.1. The number of ketones is 2. The molecule has 2 aromatic carbocycles. The summed E-state index contributed by atoms with van der Waals surface area (Å²) in [6.07, 6.45) is -5.39. The second-order valence-corrected chi connectivity index (χ2v) is 8.44. The fraction of sp³-hybridized carbons (Fsp3) is 0.318. The minimum Gasteiger partial charge on any atom is -0.507 e. The van der Waals surface area contributed by atoms with Crippen molar-refractivity contribution in [1.82, 2.24) is 0 Å². The van der Waals surface area contributed by atoms with Gasteiger partial charge in [0.15, 0.2) is 23.1 Å². The summed E-state index contributed by atoms with van der Waals surface area (Å²) >= 11 is 0. The first-order valence-corrected chi connectivity index (χ1v) is 10.1. The molecule has 0 radical (unpaired) electrons. The fourth-order valence-electron chi connectivity index (χ4n) is 4.85. The van der Waals surface area contributed by atoms with Gasteiger partial charge in [0, 0.05) is 23.1 Å². The lowest BCUT2D eigenvalue weighted by Gasteiger charge is -2.41. The van der Waals surface area contributed by atoms with E-state index in [0.29, 0.717) is 0 Å². The first-order valence-electron chi connectivity index (χ1n) is 10.1. The Morgan fingerprint density at radius 3 is 2.32 bits per heavy atom. The normalized spacial score (nSPS) is 27.2. The van der Waals surface area contributed by atoms with Crippen molar-refractivity contribution in [3.8, 4) is 23.0 Å². The molecule has 1 saturated heterocycles. The molecule has 2 heterocycles. The van der Waals surface area contributed by atoms with Crippen molar-refractivity contribution in [2.75, 3.05) is 6.61 Å². The van der Waals surface area contributed by atoms with Crippen LogP contribution >= 0.6 is 0 Å². The van der Waals surface area contributed by atoms with E-state index >= 15 is 0 Å². The van der Waals surface area contributed by atoms with Gasteiger partial charge in [-0.1, -0.05) is 0 Å². The van der Waals surface area contributed by atoms with Crippen LogP contribution in [0.2, 0.25) is 0 Å².